The number of halogens is 5. The fraction of sp³-hybridized carbons (Fsp3) is 0.0227. The van der Waals surface area contributed by atoms with E-state index in [2.05, 4.69) is 40.5 Å². The molecule has 0 atom stereocenters. The number of nitrogens with zero attached hydrogens (tertiary/aromatic N) is 4. The molecule has 296 valence electrons. The highest BCUT2D eigenvalue weighted by atomic mass is 35.5. The first-order valence-electron chi connectivity index (χ1n) is 18.0. The van der Waals surface area contributed by atoms with E-state index in [4.69, 9.17) is 58.0 Å². The molecule has 0 spiro atoms. The second-order valence-electron chi connectivity index (χ2n) is 13.2. The number of hydrogen-bond donors (Lipinski definition) is 4. The minimum Gasteiger partial charge on any atom is -0.345 e. The van der Waals surface area contributed by atoms with Crippen molar-refractivity contribution in [1.29, 1.82) is 0 Å². The summed E-state index contributed by atoms with van der Waals surface area (Å²) in [6.07, 6.45) is 3.01. The van der Waals surface area contributed by atoms with Gasteiger partial charge in [0.25, 0.3) is 11.8 Å². The van der Waals surface area contributed by atoms with Crippen molar-refractivity contribution in [2.24, 2.45) is 0 Å². The molecular formula is C44H27Cl5N8O3. The Morgan fingerprint density at radius 3 is 1.73 bits per heavy atom. The van der Waals surface area contributed by atoms with E-state index in [-0.39, 0.29) is 24.1 Å². The van der Waals surface area contributed by atoms with Crippen molar-refractivity contribution < 1.29 is 14.4 Å². The van der Waals surface area contributed by atoms with Crippen LogP contribution >= 0.6 is 58.0 Å². The number of H-pyrrole nitrogens is 2. The molecule has 0 saturated heterocycles. The number of benzene rings is 5. The van der Waals surface area contributed by atoms with Gasteiger partial charge in [-0.3, -0.25) is 19.4 Å². The number of imidazole rings is 2. The molecule has 9 rings (SSSR count). The monoisotopic (exact) mass is 890 g/mol. The lowest BCUT2D eigenvalue weighted by Gasteiger charge is -2.06. The van der Waals surface area contributed by atoms with Crippen molar-refractivity contribution in [3.8, 4) is 22.8 Å². The summed E-state index contributed by atoms with van der Waals surface area (Å²) in [5.41, 5.74) is 6.01. The number of pyridine rings is 2. The fourth-order valence-corrected chi connectivity index (χ4v) is 7.47. The summed E-state index contributed by atoms with van der Waals surface area (Å²) in [6.45, 7) is -0.123. The standard InChI is InChI=1S/C22H14Cl3N3O2.C22H13Cl2N5O/c23-14-7-4-12(5-8-14)19(29)11-26-22(30)13-6-9-17-18(10-13)28-21(27-17)20-15(24)2-1-3-16(20)25;23-14-10-25-11-15(24)20(14)21-27-17-7-5-13(9-18(17)28-21)22(30)29-19-8-6-12-3-1-2-4-16(12)26-19/h1-10H,11H2,(H,26,30)(H,27,28);1-11H,(H,27,28)(H,26,29,30). The quantitative estimate of drug-likeness (QED) is 0.111. The molecule has 0 fully saturated rings. The summed E-state index contributed by atoms with van der Waals surface area (Å²) in [6, 6.07) is 33.4. The molecule has 0 aliphatic rings. The highest BCUT2D eigenvalue weighted by Gasteiger charge is 2.17. The smallest absolute Gasteiger partial charge is 0.256 e. The largest absolute Gasteiger partial charge is 0.345 e. The van der Waals surface area contributed by atoms with Gasteiger partial charge in [-0.25, -0.2) is 15.0 Å². The summed E-state index contributed by atoms with van der Waals surface area (Å²) in [5, 5.41) is 8.75. The van der Waals surface area contributed by atoms with Gasteiger partial charge in [0.1, 0.15) is 17.5 Å². The average molecular weight is 893 g/mol. The van der Waals surface area contributed by atoms with Crippen molar-refractivity contribution >= 4 is 114 Å². The first kappa shape index (κ1) is 40.4. The summed E-state index contributed by atoms with van der Waals surface area (Å²) in [5.74, 6) is 0.659. The summed E-state index contributed by atoms with van der Waals surface area (Å²) >= 11 is 30.8. The number of anilines is 1. The Morgan fingerprint density at radius 2 is 1.10 bits per heavy atom. The number of fused-ring (bicyclic) bond motifs is 3. The Balaban J connectivity index is 0.000000166. The van der Waals surface area contributed by atoms with Gasteiger partial charge in [-0.15, -0.1) is 0 Å². The van der Waals surface area contributed by atoms with E-state index in [0.29, 0.717) is 92.5 Å². The molecule has 9 aromatic rings. The van der Waals surface area contributed by atoms with Crippen molar-refractivity contribution in [3.05, 3.63) is 169 Å². The predicted octanol–water partition coefficient (Wildman–Crippen LogP) is 11.5. The van der Waals surface area contributed by atoms with Gasteiger partial charge in [0.05, 0.1) is 65.3 Å². The van der Waals surface area contributed by atoms with Gasteiger partial charge in [0.2, 0.25) is 0 Å². The third-order valence-corrected chi connectivity index (χ3v) is 10.6. The Kier molecular flexibility index (Phi) is 11.8. The molecular weight excluding hydrogens is 866 g/mol. The van der Waals surface area contributed by atoms with E-state index in [0.717, 1.165) is 10.9 Å². The van der Waals surface area contributed by atoms with Crippen LogP contribution < -0.4 is 10.6 Å². The molecule has 4 aromatic heterocycles. The van der Waals surface area contributed by atoms with E-state index < -0.39 is 0 Å². The van der Waals surface area contributed by atoms with Crippen molar-refractivity contribution in [2.45, 2.75) is 0 Å². The highest BCUT2D eigenvalue weighted by Crippen LogP contribution is 2.35. The average Bonchev–Trinajstić information content (AvgIpc) is 3.86. The second kappa shape index (κ2) is 17.5. The lowest BCUT2D eigenvalue weighted by molar-refractivity contribution is 0.0904. The van der Waals surface area contributed by atoms with Gasteiger partial charge in [-0.05, 0) is 91.0 Å². The molecule has 60 heavy (non-hydrogen) atoms. The molecule has 0 bridgehead atoms. The number of amides is 2. The molecule has 4 heterocycles. The van der Waals surface area contributed by atoms with Crippen molar-refractivity contribution in [3.63, 3.8) is 0 Å². The van der Waals surface area contributed by atoms with Crippen LogP contribution in [0.3, 0.4) is 0 Å². The van der Waals surface area contributed by atoms with Crippen LogP contribution in [-0.2, 0) is 0 Å². The SMILES string of the molecule is O=C(CNC(=O)c1ccc2nc(-c3c(Cl)cccc3Cl)[nH]c2c1)c1ccc(Cl)cc1.O=C(Nc1ccc2ccccc2n1)c1ccc2nc(-c3c(Cl)cncc3Cl)[nH]c2c1. The van der Waals surface area contributed by atoms with Crippen molar-refractivity contribution in [1.82, 2.24) is 35.2 Å². The molecule has 16 heteroatoms. The van der Waals surface area contributed by atoms with E-state index in [1.54, 1.807) is 84.9 Å². The van der Waals surface area contributed by atoms with E-state index in [9.17, 15) is 14.4 Å². The predicted molar refractivity (Wildman–Crippen MR) is 239 cm³/mol. The fourth-order valence-electron chi connectivity index (χ4n) is 6.22. The molecule has 0 unspecified atom stereocenters. The maximum Gasteiger partial charge on any atom is 0.256 e. The lowest BCUT2D eigenvalue weighted by Crippen LogP contribution is -2.29. The molecule has 0 saturated carbocycles. The molecule has 4 N–H and O–H groups in total. The van der Waals surface area contributed by atoms with Crippen LogP contribution in [0.25, 0.3) is 55.7 Å². The minimum absolute atomic E-state index is 0.123. The van der Waals surface area contributed by atoms with Crippen LogP contribution in [-0.4, -0.2) is 54.0 Å². The van der Waals surface area contributed by atoms with Gasteiger partial charge < -0.3 is 20.6 Å². The van der Waals surface area contributed by atoms with Gasteiger partial charge in [0.15, 0.2) is 5.78 Å². The first-order chi connectivity index (χ1) is 29.0. The van der Waals surface area contributed by atoms with Gasteiger partial charge in [-0.1, -0.05) is 82.3 Å². The van der Waals surface area contributed by atoms with E-state index in [1.807, 2.05) is 30.3 Å². The number of para-hydroxylation sites is 1. The number of nitrogens with one attached hydrogen (secondary N) is 4. The number of carbonyl (C=O) groups excluding carboxylic acids is 3. The number of aromatic nitrogens is 6. The molecule has 0 aliphatic heterocycles. The maximum absolute atomic E-state index is 12.7. The molecule has 0 radical (unpaired) electrons. The van der Waals surface area contributed by atoms with Crippen molar-refractivity contribution in [2.75, 3.05) is 11.9 Å². The lowest BCUT2D eigenvalue weighted by atomic mass is 10.1. The van der Waals surface area contributed by atoms with Gasteiger partial charge >= 0.3 is 0 Å². The van der Waals surface area contributed by atoms with Gasteiger partial charge in [-0.2, -0.15) is 0 Å². The third-order valence-electron chi connectivity index (χ3n) is 9.19. The number of hydrogen-bond acceptors (Lipinski definition) is 7. The van der Waals surface area contributed by atoms with E-state index in [1.165, 1.54) is 12.4 Å². The van der Waals surface area contributed by atoms with Crippen LogP contribution in [0.2, 0.25) is 25.1 Å². The summed E-state index contributed by atoms with van der Waals surface area (Å²) in [7, 11) is 0. The number of rotatable bonds is 8. The Labute approximate surface area is 366 Å². The zero-order valence-corrected chi connectivity index (χ0v) is 34.5. The van der Waals surface area contributed by atoms with Gasteiger partial charge in [0, 0.05) is 39.5 Å². The number of ketones is 1. The van der Waals surface area contributed by atoms with Crippen LogP contribution in [0.15, 0.2) is 128 Å². The third kappa shape index (κ3) is 8.81. The topological polar surface area (TPSA) is 158 Å². The Hall–Kier alpha value is -6.34. The van der Waals surface area contributed by atoms with Crippen LogP contribution in [0.5, 0.6) is 0 Å². The summed E-state index contributed by atoms with van der Waals surface area (Å²) in [4.78, 5) is 61.3. The van der Waals surface area contributed by atoms with Crippen LogP contribution in [0, 0.1) is 0 Å². The molecule has 2 amide bonds. The Morgan fingerprint density at radius 1 is 0.533 bits per heavy atom. The zero-order valence-electron chi connectivity index (χ0n) is 30.7. The highest BCUT2D eigenvalue weighted by molar-refractivity contribution is 6.39. The van der Waals surface area contributed by atoms with Crippen LogP contribution in [0.1, 0.15) is 31.1 Å². The molecule has 11 nitrogen and oxygen atoms in total. The first-order valence-corrected chi connectivity index (χ1v) is 19.9. The normalized spacial score (nSPS) is 11.0. The number of carbonyl (C=O) groups is 3. The minimum atomic E-state index is -0.369. The zero-order chi connectivity index (χ0) is 41.9. The second-order valence-corrected chi connectivity index (χ2v) is 15.2. The van der Waals surface area contributed by atoms with Crippen LogP contribution in [0.4, 0.5) is 5.82 Å². The Bertz CT molecular complexity index is 3070. The molecule has 5 aromatic carbocycles. The summed E-state index contributed by atoms with van der Waals surface area (Å²) < 4.78 is 0. The molecule has 0 aliphatic carbocycles. The number of aromatic amines is 2. The maximum atomic E-state index is 12.7. The number of Topliss-reactive ketones (excluding diaryl/α,β-unsaturated/α-hetero) is 1. The van der Waals surface area contributed by atoms with E-state index >= 15 is 0 Å².